The molecule has 3 rings (SSSR count). The molecule has 1 saturated heterocycles. The topological polar surface area (TPSA) is 41.5 Å². The lowest BCUT2D eigenvalue weighted by Gasteiger charge is -2.02. The Balaban J connectivity index is 1.87. The Labute approximate surface area is 149 Å². The molecule has 1 aromatic carbocycles. The number of aliphatic imine (C=N–C) groups is 1. The van der Waals surface area contributed by atoms with Gasteiger partial charge in [0.05, 0.1) is 10.6 Å². The Morgan fingerprint density at radius 2 is 2.23 bits per heavy atom. The minimum absolute atomic E-state index is 0.132. The van der Waals surface area contributed by atoms with Crippen molar-refractivity contribution in [3.8, 4) is 0 Å². The first-order chi connectivity index (χ1) is 10.5. The molecule has 3 nitrogen and oxygen atoms in total. The standard InChI is InChI=1S/C15H10BrClN2OS2/c1-8-11(17)3-2-4-12(8)18-15-19-14(20)13(22-15)6-10-5-9(16)7-21-10/h2-7H,1H3,(H,18,19,20)/b13-6+. The van der Waals surface area contributed by atoms with Crippen LogP contribution in [-0.2, 0) is 4.79 Å². The fourth-order valence-corrected chi connectivity index (χ4v) is 4.29. The number of halogens is 2. The van der Waals surface area contributed by atoms with Gasteiger partial charge in [0.1, 0.15) is 0 Å². The van der Waals surface area contributed by atoms with E-state index in [4.69, 9.17) is 11.6 Å². The van der Waals surface area contributed by atoms with Gasteiger partial charge >= 0.3 is 0 Å². The third-order valence-electron chi connectivity index (χ3n) is 2.97. The molecule has 0 radical (unpaired) electrons. The van der Waals surface area contributed by atoms with Gasteiger partial charge in [0.2, 0.25) is 0 Å². The van der Waals surface area contributed by atoms with Crippen LogP contribution in [0.25, 0.3) is 6.08 Å². The second-order valence-corrected chi connectivity index (χ2v) is 7.83. The lowest BCUT2D eigenvalue weighted by atomic mass is 10.2. The van der Waals surface area contributed by atoms with E-state index in [1.165, 1.54) is 11.8 Å². The first kappa shape index (κ1) is 15.8. The summed E-state index contributed by atoms with van der Waals surface area (Å²) < 4.78 is 1.01. The molecule has 1 aromatic heterocycles. The van der Waals surface area contributed by atoms with Crippen LogP contribution in [0, 0.1) is 6.92 Å². The Hall–Kier alpha value is -1.08. The molecule has 1 N–H and O–H groups in total. The monoisotopic (exact) mass is 412 g/mol. The average molecular weight is 414 g/mol. The molecule has 22 heavy (non-hydrogen) atoms. The maximum Gasteiger partial charge on any atom is 0.264 e. The quantitative estimate of drug-likeness (QED) is 0.673. The van der Waals surface area contributed by atoms with E-state index in [9.17, 15) is 4.79 Å². The van der Waals surface area contributed by atoms with E-state index in [0.717, 1.165) is 20.6 Å². The van der Waals surface area contributed by atoms with E-state index in [1.807, 2.05) is 42.6 Å². The Bertz CT molecular complexity index is 814. The number of hydrogen-bond donors (Lipinski definition) is 1. The van der Waals surface area contributed by atoms with Gasteiger partial charge in [-0.3, -0.25) is 4.79 Å². The van der Waals surface area contributed by atoms with Gasteiger partial charge in [-0.1, -0.05) is 17.7 Å². The van der Waals surface area contributed by atoms with Crippen LogP contribution in [0.2, 0.25) is 5.02 Å². The molecule has 0 atom stereocenters. The van der Waals surface area contributed by atoms with Crippen LogP contribution in [0.1, 0.15) is 10.4 Å². The van der Waals surface area contributed by atoms with Gasteiger partial charge in [0.25, 0.3) is 5.91 Å². The summed E-state index contributed by atoms with van der Waals surface area (Å²) >= 11 is 12.4. The smallest absolute Gasteiger partial charge is 0.264 e. The fraction of sp³-hybridized carbons (Fsp3) is 0.0667. The molecular weight excluding hydrogens is 404 g/mol. The van der Waals surface area contributed by atoms with Gasteiger partial charge in [-0.15, -0.1) is 11.3 Å². The Morgan fingerprint density at radius 1 is 1.41 bits per heavy atom. The van der Waals surface area contributed by atoms with Crippen molar-refractivity contribution in [3.63, 3.8) is 0 Å². The number of amidine groups is 1. The third kappa shape index (κ3) is 3.46. The molecule has 1 aliphatic rings. The number of thioether (sulfide) groups is 1. The van der Waals surface area contributed by atoms with Gasteiger partial charge in [-0.05, 0) is 64.5 Å². The SMILES string of the molecule is Cc1c(Cl)cccc1N=C1NC(=O)/C(=C\c2cc(Br)cs2)S1. The van der Waals surface area contributed by atoms with Gasteiger partial charge in [-0.2, -0.15) is 0 Å². The Morgan fingerprint density at radius 3 is 2.95 bits per heavy atom. The molecule has 0 aliphatic carbocycles. The molecule has 2 heterocycles. The van der Waals surface area contributed by atoms with E-state index in [0.29, 0.717) is 15.1 Å². The summed E-state index contributed by atoms with van der Waals surface area (Å²) in [5, 5.41) is 5.99. The van der Waals surface area contributed by atoms with E-state index < -0.39 is 0 Å². The lowest BCUT2D eigenvalue weighted by molar-refractivity contribution is -0.115. The van der Waals surface area contributed by atoms with E-state index in [2.05, 4.69) is 26.2 Å². The lowest BCUT2D eigenvalue weighted by Crippen LogP contribution is -2.19. The molecule has 1 aliphatic heterocycles. The van der Waals surface area contributed by atoms with Gasteiger partial charge in [-0.25, -0.2) is 4.99 Å². The summed E-state index contributed by atoms with van der Waals surface area (Å²) in [6, 6.07) is 7.51. The molecule has 7 heteroatoms. The van der Waals surface area contributed by atoms with Gasteiger partial charge in [0, 0.05) is 19.8 Å². The number of amides is 1. The predicted octanol–water partition coefficient (Wildman–Crippen LogP) is 5.36. The summed E-state index contributed by atoms with van der Waals surface area (Å²) in [4.78, 5) is 18.2. The summed E-state index contributed by atoms with van der Waals surface area (Å²) in [6.45, 7) is 1.91. The molecule has 0 unspecified atom stereocenters. The zero-order chi connectivity index (χ0) is 15.7. The van der Waals surface area contributed by atoms with Crippen LogP contribution in [0.15, 0.2) is 44.0 Å². The van der Waals surface area contributed by atoms with E-state index >= 15 is 0 Å². The largest absolute Gasteiger partial charge is 0.300 e. The van der Waals surface area contributed by atoms with Crippen molar-refractivity contribution in [1.82, 2.24) is 5.32 Å². The highest BCUT2D eigenvalue weighted by atomic mass is 79.9. The summed E-state index contributed by atoms with van der Waals surface area (Å²) in [7, 11) is 0. The van der Waals surface area contributed by atoms with Crippen molar-refractivity contribution in [3.05, 3.63) is 54.5 Å². The molecule has 112 valence electrons. The molecular formula is C15H10BrClN2OS2. The number of hydrogen-bond acceptors (Lipinski definition) is 4. The van der Waals surface area contributed by atoms with E-state index in [1.54, 1.807) is 11.3 Å². The number of carbonyl (C=O) groups excluding carboxylic acids is 1. The van der Waals surface area contributed by atoms with Gasteiger partial charge in [0.15, 0.2) is 5.17 Å². The zero-order valence-electron chi connectivity index (χ0n) is 11.4. The zero-order valence-corrected chi connectivity index (χ0v) is 15.4. The number of nitrogens with one attached hydrogen (secondary N) is 1. The number of rotatable bonds is 2. The first-order valence-electron chi connectivity index (χ1n) is 6.31. The molecule has 1 fully saturated rings. The minimum atomic E-state index is -0.132. The van der Waals surface area contributed by atoms with Crippen LogP contribution >= 0.6 is 50.6 Å². The van der Waals surface area contributed by atoms with Crippen molar-refractivity contribution >= 4 is 73.5 Å². The summed E-state index contributed by atoms with van der Waals surface area (Å²) in [5.74, 6) is -0.132. The fourth-order valence-electron chi connectivity index (χ4n) is 1.84. The summed E-state index contributed by atoms with van der Waals surface area (Å²) in [5.41, 5.74) is 1.65. The minimum Gasteiger partial charge on any atom is -0.300 e. The summed E-state index contributed by atoms with van der Waals surface area (Å²) in [6.07, 6.45) is 1.86. The molecule has 0 saturated carbocycles. The van der Waals surface area contributed by atoms with Crippen molar-refractivity contribution in [2.24, 2.45) is 4.99 Å². The highest BCUT2D eigenvalue weighted by Gasteiger charge is 2.24. The van der Waals surface area contributed by atoms with Crippen LogP contribution in [0.3, 0.4) is 0 Å². The number of carbonyl (C=O) groups is 1. The maximum absolute atomic E-state index is 12.0. The Kier molecular flexibility index (Phi) is 4.73. The highest BCUT2D eigenvalue weighted by Crippen LogP contribution is 2.32. The van der Waals surface area contributed by atoms with Gasteiger partial charge < -0.3 is 5.32 Å². The van der Waals surface area contributed by atoms with Crippen LogP contribution in [0.4, 0.5) is 5.69 Å². The second kappa shape index (κ2) is 6.58. The third-order valence-corrected chi connectivity index (χ3v) is 5.93. The van der Waals surface area contributed by atoms with Crippen LogP contribution in [0.5, 0.6) is 0 Å². The second-order valence-electron chi connectivity index (χ2n) is 4.53. The average Bonchev–Trinajstić information content (AvgIpc) is 3.02. The van der Waals surface area contributed by atoms with Crippen molar-refractivity contribution < 1.29 is 4.79 Å². The normalized spacial score (nSPS) is 18.2. The maximum atomic E-state index is 12.0. The number of nitrogens with zero attached hydrogens (tertiary/aromatic N) is 1. The van der Waals surface area contributed by atoms with Crippen molar-refractivity contribution in [2.45, 2.75) is 6.92 Å². The van der Waals surface area contributed by atoms with Crippen LogP contribution in [-0.4, -0.2) is 11.1 Å². The van der Waals surface area contributed by atoms with Crippen molar-refractivity contribution in [1.29, 1.82) is 0 Å². The first-order valence-corrected chi connectivity index (χ1v) is 9.18. The number of benzene rings is 1. The molecule has 1 amide bonds. The molecule has 2 aromatic rings. The molecule has 0 bridgehead atoms. The highest BCUT2D eigenvalue weighted by molar-refractivity contribution is 9.10. The van der Waals surface area contributed by atoms with Crippen molar-refractivity contribution in [2.75, 3.05) is 0 Å². The van der Waals surface area contributed by atoms with E-state index in [-0.39, 0.29) is 5.91 Å². The predicted molar refractivity (Wildman–Crippen MR) is 99.0 cm³/mol. The van der Waals surface area contributed by atoms with Crippen LogP contribution < -0.4 is 5.32 Å². The number of thiophene rings is 1. The molecule has 0 spiro atoms.